The van der Waals surface area contributed by atoms with E-state index < -0.39 is 5.54 Å². The summed E-state index contributed by atoms with van der Waals surface area (Å²) in [6.07, 6.45) is 1.65. The van der Waals surface area contributed by atoms with E-state index in [1.54, 1.807) is 0 Å². The molecule has 0 spiro atoms. The SMILES string of the molecule is Cc1ccccc1CCc1nc(C(C)(C)N)no1. The first-order valence-electron chi connectivity index (χ1n) is 6.13. The zero-order valence-electron chi connectivity index (χ0n) is 11.1. The van der Waals surface area contributed by atoms with Crippen LogP contribution < -0.4 is 5.73 Å². The van der Waals surface area contributed by atoms with Crippen molar-refractivity contribution in [1.82, 2.24) is 10.1 Å². The molecule has 0 saturated carbocycles. The van der Waals surface area contributed by atoms with Crippen LogP contribution in [0.1, 0.15) is 36.7 Å². The molecule has 0 aliphatic rings. The smallest absolute Gasteiger partial charge is 0.227 e. The summed E-state index contributed by atoms with van der Waals surface area (Å²) >= 11 is 0. The van der Waals surface area contributed by atoms with Gasteiger partial charge in [-0.25, -0.2) is 0 Å². The number of rotatable bonds is 4. The molecular formula is C14H19N3O. The van der Waals surface area contributed by atoms with Gasteiger partial charge in [0.15, 0.2) is 5.82 Å². The molecule has 4 nitrogen and oxygen atoms in total. The van der Waals surface area contributed by atoms with Gasteiger partial charge in [0, 0.05) is 6.42 Å². The van der Waals surface area contributed by atoms with Gasteiger partial charge in [-0.3, -0.25) is 0 Å². The number of hydrogen-bond acceptors (Lipinski definition) is 4. The lowest BCUT2D eigenvalue weighted by Crippen LogP contribution is -2.30. The van der Waals surface area contributed by atoms with Gasteiger partial charge >= 0.3 is 0 Å². The van der Waals surface area contributed by atoms with Gasteiger partial charge in [-0.1, -0.05) is 29.4 Å². The molecule has 96 valence electrons. The third-order valence-electron chi connectivity index (χ3n) is 2.91. The molecule has 4 heteroatoms. The van der Waals surface area contributed by atoms with Gasteiger partial charge in [0.2, 0.25) is 5.89 Å². The molecule has 0 amide bonds. The van der Waals surface area contributed by atoms with Crippen LogP contribution in [0.4, 0.5) is 0 Å². The maximum Gasteiger partial charge on any atom is 0.227 e. The summed E-state index contributed by atoms with van der Waals surface area (Å²) in [6, 6.07) is 8.32. The van der Waals surface area contributed by atoms with E-state index in [2.05, 4.69) is 29.2 Å². The summed E-state index contributed by atoms with van der Waals surface area (Å²) in [5.41, 5.74) is 7.96. The maximum absolute atomic E-state index is 5.92. The van der Waals surface area contributed by atoms with Gasteiger partial charge in [0.1, 0.15) is 0 Å². The van der Waals surface area contributed by atoms with Crippen LogP contribution in [0.5, 0.6) is 0 Å². The Hall–Kier alpha value is -1.68. The van der Waals surface area contributed by atoms with Crippen molar-refractivity contribution in [2.24, 2.45) is 5.73 Å². The third-order valence-corrected chi connectivity index (χ3v) is 2.91. The number of hydrogen-bond donors (Lipinski definition) is 1. The minimum absolute atomic E-state index is 0.551. The fourth-order valence-corrected chi connectivity index (χ4v) is 1.75. The molecule has 0 aliphatic heterocycles. The molecule has 0 aliphatic carbocycles. The molecule has 0 radical (unpaired) electrons. The Labute approximate surface area is 107 Å². The van der Waals surface area contributed by atoms with Crippen LogP contribution >= 0.6 is 0 Å². The number of aryl methyl sites for hydroxylation is 3. The van der Waals surface area contributed by atoms with E-state index in [4.69, 9.17) is 10.3 Å². The van der Waals surface area contributed by atoms with E-state index in [9.17, 15) is 0 Å². The predicted octanol–water partition coefficient (Wildman–Crippen LogP) is 2.36. The summed E-state index contributed by atoms with van der Waals surface area (Å²) in [5, 5.41) is 3.91. The van der Waals surface area contributed by atoms with Gasteiger partial charge in [-0.2, -0.15) is 4.98 Å². The summed E-state index contributed by atoms with van der Waals surface area (Å²) in [5.74, 6) is 1.20. The Morgan fingerprint density at radius 2 is 1.94 bits per heavy atom. The monoisotopic (exact) mass is 245 g/mol. The van der Waals surface area contributed by atoms with Gasteiger partial charge in [-0.15, -0.1) is 0 Å². The summed E-state index contributed by atoms with van der Waals surface area (Å²) in [6.45, 7) is 5.84. The highest BCUT2D eigenvalue weighted by Crippen LogP contribution is 2.15. The van der Waals surface area contributed by atoms with Crippen LogP contribution in [0.2, 0.25) is 0 Å². The largest absolute Gasteiger partial charge is 0.339 e. The van der Waals surface area contributed by atoms with E-state index in [-0.39, 0.29) is 0 Å². The van der Waals surface area contributed by atoms with Crippen molar-refractivity contribution in [2.45, 2.75) is 39.2 Å². The van der Waals surface area contributed by atoms with Gasteiger partial charge < -0.3 is 10.3 Å². The highest BCUT2D eigenvalue weighted by molar-refractivity contribution is 5.25. The standard InChI is InChI=1S/C14H19N3O/c1-10-6-4-5-7-11(10)8-9-12-16-13(17-18-12)14(2,3)15/h4-7H,8-9,15H2,1-3H3. The third kappa shape index (κ3) is 2.96. The molecule has 2 N–H and O–H groups in total. The molecule has 2 rings (SSSR count). The molecule has 0 bridgehead atoms. The molecular weight excluding hydrogens is 226 g/mol. The lowest BCUT2D eigenvalue weighted by Gasteiger charge is -2.11. The molecule has 0 saturated heterocycles. The van der Waals surface area contributed by atoms with Gasteiger partial charge in [0.05, 0.1) is 5.54 Å². The Kier molecular flexibility index (Phi) is 3.48. The van der Waals surface area contributed by atoms with E-state index in [1.807, 2.05) is 26.0 Å². The second-order valence-electron chi connectivity index (χ2n) is 5.16. The minimum Gasteiger partial charge on any atom is -0.339 e. The molecule has 0 fully saturated rings. The predicted molar refractivity (Wildman–Crippen MR) is 70.1 cm³/mol. The van der Waals surface area contributed by atoms with E-state index in [1.165, 1.54) is 11.1 Å². The normalized spacial score (nSPS) is 11.8. The van der Waals surface area contributed by atoms with Crippen molar-refractivity contribution >= 4 is 0 Å². The summed E-state index contributed by atoms with van der Waals surface area (Å²) in [4.78, 5) is 4.32. The maximum atomic E-state index is 5.92. The number of benzene rings is 1. The van der Waals surface area contributed by atoms with Gasteiger partial charge in [-0.05, 0) is 38.3 Å². The van der Waals surface area contributed by atoms with E-state index in [0.717, 1.165) is 12.8 Å². The van der Waals surface area contributed by atoms with Crippen LogP contribution in [0.25, 0.3) is 0 Å². The zero-order valence-corrected chi connectivity index (χ0v) is 11.1. The molecule has 0 unspecified atom stereocenters. The second-order valence-corrected chi connectivity index (χ2v) is 5.16. The molecule has 18 heavy (non-hydrogen) atoms. The topological polar surface area (TPSA) is 64.9 Å². The van der Waals surface area contributed by atoms with Gasteiger partial charge in [0.25, 0.3) is 0 Å². The Morgan fingerprint density at radius 1 is 1.22 bits per heavy atom. The first-order chi connectivity index (χ1) is 8.47. The van der Waals surface area contributed by atoms with Crippen molar-refractivity contribution in [2.75, 3.05) is 0 Å². The summed E-state index contributed by atoms with van der Waals surface area (Å²) < 4.78 is 5.21. The Balaban J connectivity index is 2.03. The number of nitrogens with two attached hydrogens (primary N) is 1. The fourth-order valence-electron chi connectivity index (χ4n) is 1.75. The lowest BCUT2D eigenvalue weighted by molar-refractivity contribution is 0.360. The Morgan fingerprint density at radius 3 is 2.56 bits per heavy atom. The van der Waals surface area contributed by atoms with Crippen LogP contribution in [-0.2, 0) is 18.4 Å². The van der Waals surface area contributed by atoms with E-state index in [0.29, 0.717) is 11.7 Å². The average Bonchev–Trinajstić information content (AvgIpc) is 2.76. The second kappa shape index (κ2) is 4.90. The van der Waals surface area contributed by atoms with Crippen molar-refractivity contribution in [3.05, 3.63) is 47.1 Å². The molecule has 0 atom stereocenters. The highest BCUT2D eigenvalue weighted by Gasteiger charge is 2.21. The van der Waals surface area contributed by atoms with Crippen molar-refractivity contribution < 1.29 is 4.52 Å². The number of nitrogens with zero attached hydrogens (tertiary/aromatic N) is 2. The molecule has 1 aromatic carbocycles. The Bertz CT molecular complexity index is 526. The summed E-state index contributed by atoms with van der Waals surface area (Å²) in [7, 11) is 0. The fraction of sp³-hybridized carbons (Fsp3) is 0.429. The molecule has 1 aromatic heterocycles. The van der Waals surface area contributed by atoms with Crippen molar-refractivity contribution in [3.8, 4) is 0 Å². The molecule has 1 heterocycles. The van der Waals surface area contributed by atoms with Crippen molar-refractivity contribution in [1.29, 1.82) is 0 Å². The van der Waals surface area contributed by atoms with Crippen molar-refractivity contribution in [3.63, 3.8) is 0 Å². The van der Waals surface area contributed by atoms with Crippen LogP contribution in [0.15, 0.2) is 28.8 Å². The van der Waals surface area contributed by atoms with Crippen LogP contribution in [0, 0.1) is 6.92 Å². The quantitative estimate of drug-likeness (QED) is 0.898. The average molecular weight is 245 g/mol. The first-order valence-corrected chi connectivity index (χ1v) is 6.13. The molecule has 2 aromatic rings. The van der Waals surface area contributed by atoms with Crippen LogP contribution in [-0.4, -0.2) is 10.1 Å². The lowest BCUT2D eigenvalue weighted by atomic mass is 10.0. The highest BCUT2D eigenvalue weighted by atomic mass is 16.5. The van der Waals surface area contributed by atoms with Crippen LogP contribution in [0.3, 0.4) is 0 Å². The minimum atomic E-state index is -0.551. The first kappa shape index (κ1) is 12.8. The zero-order chi connectivity index (χ0) is 13.2. The number of aromatic nitrogens is 2. The van der Waals surface area contributed by atoms with E-state index >= 15 is 0 Å².